The van der Waals surface area contributed by atoms with Crippen LogP contribution >= 0.6 is 0 Å². The molecule has 130 valence electrons. The summed E-state index contributed by atoms with van der Waals surface area (Å²) in [6, 6.07) is 8.57. The first-order valence-electron chi connectivity index (χ1n) is 9.00. The number of fused-ring (bicyclic) bond motifs is 2. The zero-order valence-corrected chi connectivity index (χ0v) is 14.7. The van der Waals surface area contributed by atoms with Gasteiger partial charge in [0.1, 0.15) is 5.92 Å². The van der Waals surface area contributed by atoms with Crippen molar-refractivity contribution < 1.29 is 14.3 Å². The number of ether oxygens (including phenoxy) is 1. The molecule has 1 heterocycles. The van der Waals surface area contributed by atoms with Gasteiger partial charge >= 0.3 is 5.97 Å². The van der Waals surface area contributed by atoms with E-state index in [-0.39, 0.29) is 23.1 Å². The summed E-state index contributed by atoms with van der Waals surface area (Å²) < 4.78 is 4.83. The van der Waals surface area contributed by atoms with Crippen LogP contribution in [0, 0.1) is 17.3 Å². The summed E-state index contributed by atoms with van der Waals surface area (Å²) >= 11 is 0. The van der Waals surface area contributed by atoms with Crippen molar-refractivity contribution in [3.8, 4) is 0 Å². The van der Waals surface area contributed by atoms with Crippen molar-refractivity contribution >= 4 is 22.5 Å². The number of carbonyl (C=O) groups is 2. The average molecular weight is 337 g/mol. The number of hydrogen-bond donors (Lipinski definition) is 0. The summed E-state index contributed by atoms with van der Waals surface area (Å²) in [7, 11) is 1.37. The minimum Gasteiger partial charge on any atom is -0.468 e. The van der Waals surface area contributed by atoms with Crippen LogP contribution < -0.4 is 0 Å². The first-order chi connectivity index (χ1) is 12.0. The number of methoxy groups -OCH3 is 1. The van der Waals surface area contributed by atoms with Crippen LogP contribution in [0.25, 0.3) is 10.8 Å². The number of esters is 1. The van der Waals surface area contributed by atoms with E-state index < -0.39 is 5.92 Å². The summed E-state index contributed by atoms with van der Waals surface area (Å²) in [6.45, 7) is 2.23. The van der Waals surface area contributed by atoms with E-state index in [9.17, 15) is 9.59 Å². The van der Waals surface area contributed by atoms with Gasteiger partial charge in [0.25, 0.3) is 0 Å². The fourth-order valence-electron chi connectivity index (χ4n) is 5.14. The summed E-state index contributed by atoms with van der Waals surface area (Å²) in [5, 5.41) is 2.32. The molecular formula is C21H23NO3. The highest BCUT2D eigenvalue weighted by Crippen LogP contribution is 2.59. The number of rotatable bonds is 2. The van der Waals surface area contributed by atoms with Crippen LogP contribution in [0.15, 0.2) is 36.7 Å². The minimum absolute atomic E-state index is 0.0417. The maximum Gasteiger partial charge on any atom is 0.316 e. The molecule has 0 bridgehead atoms. The first kappa shape index (κ1) is 16.2. The molecule has 4 heteroatoms. The molecule has 1 aromatic heterocycles. The fraction of sp³-hybridized carbons (Fsp3) is 0.476. The molecule has 4 atom stereocenters. The van der Waals surface area contributed by atoms with Crippen molar-refractivity contribution in [1.29, 1.82) is 0 Å². The van der Waals surface area contributed by atoms with Crippen molar-refractivity contribution in [2.45, 2.75) is 38.5 Å². The summed E-state index contributed by atoms with van der Waals surface area (Å²) in [5.74, 6) is -0.537. The number of hydrogen-bond acceptors (Lipinski definition) is 4. The molecule has 0 aliphatic heterocycles. The van der Waals surface area contributed by atoms with E-state index >= 15 is 0 Å². The molecule has 2 aliphatic carbocycles. The molecule has 2 fully saturated rings. The number of aromatic nitrogens is 1. The molecule has 2 aliphatic rings. The summed E-state index contributed by atoms with van der Waals surface area (Å²) in [6.07, 6.45) is 7.04. The Balaban J connectivity index is 1.67. The molecule has 2 aromatic rings. The minimum atomic E-state index is -0.567. The van der Waals surface area contributed by atoms with Crippen molar-refractivity contribution in [3.05, 3.63) is 42.2 Å². The number of nitrogens with zero attached hydrogens (tertiary/aromatic N) is 1. The van der Waals surface area contributed by atoms with Gasteiger partial charge in [-0.05, 0) is 60.1 Å². The smallest absolute Gasteiger partial charge is 0.316 e. The average Bonchev–Trinajstić information content (AvgIpc) is 2.99. The molecule has 1 aromatic carbocycles. The van der Waals surface area contributed by atoms with Gasteiger partial charge in [-0.2, -0.15) is 0 Å². The van der Waals surface area contributed by atoms with Gasteiger partial charge in [-0.3, -0.25) is 14.6 Å². The summed E-state index contributed by atoms with van der Waals surface area (Å²) in [5.41, 5.74) is 1.21. The second-order valence-electron chi connectivity index (χ2n) is 7.69. The Bertz CT molecular complexity index is 846. The van der Waals surface area contributed by atoms with Gasteiger partial charge in [0.15, 0.2) is 5.78 Å². The van der Waals surface area contributed by atoms with Gasteiger partial charge in [-0.1, -0.05) is 19.1 Å². The van der Waals surface area contributed by atoms with E-state index in [2.05, 4.69) is 30.1 Å². The lowest BCUT2D eigenvalue weighted by Crippen LogP contribution is -2.44. The molecule has 25 heavy (non-hydrogen) atoms. The molecule has 1 unspecified atom stereocenters. The van der Waals surface area contributed by atoms with Crippen LogP contribution in [0.5, 0.6) is 0 Å². The van der Waals surface area contributed by atoms with Crippen LogP contribution in [-0.4, -0.2) is 23.8 Å². The van der Waals surface area contributed by atoms with Crippen molar-refractivity contribution in [2.75, 3.05) is 7.11 Å². The second-order valence-corrected chi connectivity index (χ2v) is 7.69. The van der Waals surface area contributed by atoms with Crippen LogP contribution in [0.4, 0.5) is 0 Å². The molecule has 2 saturated carbocycles. The molecule has 0 N–H and O–H groups in total. The van der Waals surface area contributed by atoms with Gasteiger partial charge in [0, 0.05) is 23.7 Å². The second kappa shape index (κ2) is 5.94. The lowest BCUT2D eigenvalue weighted by atomic mass is 9.61. The Kier molecular flexibility index (Phi) is 3.86. The van der Waals surface area contributed by atoms with E-state index in [1.54, 1.807) is 0 Å². The molecule has 0 amide bonds. The standard InChI is InChI=1S/C21H23NO3/c1-21-9-7-16(20(24)25-2)19(23)18(21)6-5-17(21)14-4-3-13-8-10-22-12-15(13)11-14/h3-4,8,10-12,16-18H,5-7,9H2,1-2H3/t16?,17-,18+,21-/m1/s1. The number of carbonyl (C=O) groups excluding carboxylic acids is 2. The monoisotopic (exact) mass is 337 g/mol. The number of ketones is 1. The highest BCUT2D eigenvalue weighted by atomic mass is 16.5. The van der Waals surface area contributed by atoms with Crippen LogP contribution in [0.3, 0.4) is 0 Å². The van der Waals surface area contributed by atoms with Crippen LogP contribution in [-0.2, 0) is 14.3 Å². The lowest BCUT2D eigenvalue weighted by Gasteiger charge is -2.42. The quantitative estimate of drug-likeness (QED) is 0.616. The Morgan fingerprint density at radius 3 is 2.76 bits per heavy atom. The summed E-state index contributed by atoms with van der Waals surface area (Å²) in [4.78, 5) is 29.0. The molecule has 4 rings (SSSR count). The predicted molar refractivity (Wildman–Crippen MR) is 95.1 cm³/mol. The van der Waals surface area contributed by atoms with Crippen LogP contribution in [0.2, 0.25) is 0 Å². The Hall–Kier alpha value is -2.23. The largest absolute Gasteiger partial charge is 0.468 e. The van der Waals surface area contributed by atoms with Gasteiger partial charge in [-0.15, -0.1) is 0 Å². The third-order valence-electron chi connectivity index (χ3n) is 6.55. The number of pyridine rings is 1. The number of benzene rings is 1. The highest BCUT2D eigenvalue weighted by molar-refractivity contribution is 6.01. The van der Waals surface area contributed by atoms with Crippen molar-refractivity contribution in [3.63, 3.8) is 0 Å². The molecule has 0 radical (unpaired) electrons. The van der Waals surface area contributed by atoms with E-state index in [1.807, 2.05) is 18.5 Å². The van der Waals surface area contributed by atoms with E-state index in [1.165, 1.54) is 18.1 Å². The predicted octanol–water partition coefficient (Wildman–Crippen LogP) is 3.89. The topological polar surface area (TPSA) is 56.3 Å². The molecular weight excluding hydrogens is 314 g/mol. The Morgan fingerprint density at radius 2 is 1.96 bits per heavy atom. The van der Waals surface area contributed by atoms with Gasteiger partial charge < -0.3 is 4.74 Å². The Morgan fingerprint density at radius 1 is 1.16 bits per heavy atom. The number of Topliss-reactive ketones (excluding diaryl/α,β-unsaturated/α-hetero) is 1. The third-order valence-corrected chi connectivity index (χ3v) is 6.55. The SMILES string of the molecule is COC(=O)C1CC[C@]2(C)[C@@H](c3ccc4ccncc4c3)CC[C@H]2C1=O. The highest BCUT2D eigenvalue weighted by Gasteiger charge is 2.55. The zero-order chi connectivity index (χ0) is 17.6. The fourth-order valence-corrected chi connectivity index (χ4v) is 5.14. The van der Waals surface area contributed by atoms with Gasteiger partial charge in [0.2, 0.25) is 0 Å². The van der Waals surface area contributed by atoms with Crippen molar-refractivity contribution in [2.24, 2.45) is 17.3 Å². The van der Waals surface area contributed by atoms with Crippen LogP contribution in [0.1, 0.15) is 44.1 Å². The first-order valence-corrected chi connectivity index (χ1v) is 9.00. The van der Waals surface area contributed by atoms with Crippen molar-refractivity contribution in [1.82, 2.24) is 4.98 Å². The van der Waals surface area contributed by atoms with Gasteiger partial charge in [-0.25, -0.2) is 0 Å². The third kappa shape index (κ3) is 2.46. The maximum absolute atomic E-state index is 12.9. The zero-order valence-electron chi connectivity index (χ0n) is 14.7. The van der Waals surface area contributed by atoms with Gasteiger partial charge in [0.05, 0.1) is 7.11 Å². The molecule has 0 spiro atoms. The normalized spacial score (nSPS) is 31.8. The van der Waals surface area contributed by atoms with E-state index in [4.69, 9.17) is 4.74 Å². The Labute approximate surface area is 147 Å². The van der Waals surface area contributed by atoms with E-state index in [0.29, 0.717) is 12.3 Å². The molecule has 4 nitrogen and oxygen atoms in total. The van der Waals surface area contributed by atoms with E-state index in [0.717, 1.165) is 24.6 Å². The molecule has 0 saturated heterocycles. The lowest BCUT2D eigenvalue weighted by molar-refractivity contribution is -0.154. The maximum atomic E-state index is 12.9.